The number of ether oxygens (including phenoxy) is 1. The van der Waals surface area contributed by atoms with E-state index >= 15 is 0 Å². The van der Waals surface area contributed by atoms with E-state index in [1.807, 2.05) is 13.8 Å². The van der Waals surface area contributed by atoms with E-state index in [2.05, 4.69) is 5.32 Å². The van der Waals surface area contributed by atoms with Crippen molar-refractivity contribution < 1.29 is 27.5 Å². The predicted octanol–water partition coefficient (Wildman–Crippen LogP) is 3.91. The van der Waals surface area contributed by atoms with Crippen LogP contribution in [0.5, 0.6) is 0 Å². The quantitative estimate of drug-likeness (QED) is 0.649. The SMILES string of the molecule is CCN[C@H](C)CC1CCC([C@H](C)OC(=O)C(C)(C)C)N(C(=O)CC(F)(F)F)C1. The molecule has 4 atom stereocenters. The Kier molecular flexibility index (Phi) is 8.78. The van der Waals surface area contributed by atoms with Crippen molar-refractivity contribution >= 4 is 11.9 Å². The third-order valence-electron chi connectivity index (χ3n) is 5.08. The van der Waals surface area contributed by atoms with Crippen LogP contribution in [0.25, 0.3) is 0 Å². The molecule has 0 aromatic carbocycles. The lowest BCUT2D eigenvalue weighted by Gasteiger charge is -2.43. The molecule has 0 radical (unpaired) electrons. The number of halogens is 3. The maximum atomic E-state index is 12.8. The lowest BCUT2D eigenvalue weighted by Crippen LogP contribution is -2.54. The van der Waals surface area contributed by atoms with Crippen LogP contribution >= 0.6 is 0 Å². The fourth-order valence-corrected chi connectivity index (χ4v) is 3.66. The van der Waals surface area contributed by atoms with Gasteiger partial charge in [0.2, 0.25) is 5.91 Å². The van der Waals surface area contributed by atoms with Gasteiger partial charge in [-0.25, -0.2) is 0 Å². The average Bonchev–Trinajstić information content (AvgIpc) is 2.52. The number of esters is 1. The van der Waals surface area contributed by atoms with E-state index in [1.54, 1.807) is 27.7 Å². The minimum Gasteiger partial charge on any atom is -0.460 e. The summed E-state index contributed by atoms with van der Waals surface area (Å²) in [5.74, 6) is -1.25. The number of piperidine rings is 1. The van der Waals surface area contributed by atoms with Crippen molar-refractivity contribution in [3.05, 3.63) is 0 Å². The second kappa shape index (κ2) is 9.94. The Hall–Kier alpha value is -1.31. The highest BCUT2D eigenvalue weighted by Crippen LogP contribution is 2.31. The van der Waals surface area contributed by atoms with Gasteiger partial charge in [0.05, 0.1) is 11.5 Å². The van der Waals surface area contributed by atoms with Crippen molar-refractivity contribution in [2.75, 3.05) is 13.1 Å². The molecule has 0 aliphatic carbocycles. The molecule has 0 saturated carbocycles. The maximum Gasteiger partial charge on any atom is 0.397 e. The van der Waals surface area contributed by atoms with Gasteiger partial charge in [0.25, 0.3) is 0 Å². The molecule has 0 spiro atoms. The van der Waals surface area contributed by atoms with Crippen LogP contribution in [0.2, 0.25) is 0 Å². The zero-order chi connectivity index (χ0) is 21.7. The highest BCUT2D eigenvalue weighted by Gasteiger charge is 2.41. The van der Waals surface area contributed by atoms with Crippen molar-refractivity contribution in [1.29, 1.82) is 0 Å². The molecular weight excluding hydrogens is 373 g/mol. The summed E-state index contributed by atoms with van der Waals surface area (Å²) in [6.07, 6.45) is -4.61. The van der Waals surface area contributed by atoms with E-state index in [0.717, 1.165) is 19.4 Å². The van der Waals surface area contributed by atoms with E-state index in [1.165, 1.54) is 4.90 Å². The number of rotatable bonds is 7. The summed E-state index contributed by atoms with van der Waals surface area (Å²) in [7, 11) is 0. The molecule has 2 unspecified atom stereocenters. The second-order valence-electron chi connectivity index (χ2n) is 8.90. The van der Waals surface area contributed by atoms with Gasteiger partial charge in [-0.3, -0.25) is 9.59 Å². The number of nitrogens with zero attached hydrogens (tertiary/aromatic N) is 1. The summed E-state index contributed by atoms with van der Waals surface area (Å²) in [6, 6.07) is -0.311. The van der Waals surface area contributed by atoms with Gasteiger partial charge in [0.15, 0.2) is 0 Å². The number of amides is 1. The van der Waals surface area contributed by atoms with Crippen molar-refractivity contribution in [3.63, 3.8) is 0 Å². The van der Waals surface area contributed by atoms with Gasteiger partial charge < -0.3 is 15.0 Å². The summed E-state index contributed by atoms with van der Waals surface area (Å²) in [5, 5.41) is 3.30. The van der Waals surface area contributed by atoms with Crippen LogP contribution in [0.3, 0.4) is 0 Å². The Labute approximate surface area is 166 Å². The molecule has 164 valence electrons. The molecule has 1 rings (SSSR count). The van der Waals surface area contributed by atoms with Crippen molar-refractivity contribution in [3.8, 4) is 0 Å². The van der Waals surface area contributed by atoms with Crippen LogP contribution < -0.4 is 5.32 Å². The summed E-state index contributed by atoms with van der Waals surface area (Å²) in [5.41, 5.74) is -0.715. The Balaban J connectivity index is 2.91. The van der Waals surface area contributed by atoms with Gasteiger partial charge in [-0.05, 0) is 66.3 Å². The molecule has 1 amide bonds. The minimum absolute atomic E-state index is 0.119. The van der Waals surface area contributed by atoms with Crippen LogP contribution in [-0.2, 0) is 14.3 Å². The number of nitrogens with one attached hydrogen (secondary N) is 1. The minimum atomic E-state index is -4.56. The monoisotopic (exact) mass is 408 g/mol. The van der Waals surface area contributed by atoms with Crippen LogP contribution in [0.1, 0.15) is 67.2 Å². The normalized spacial score (nSPS) is 23.2. The first kappa shape index (κ1) is 24.7. The second-order valence-corrected chi connectivity index (χ2v) is 8.90. The summed E-state index contributed by atoms with van der Waals surface area (Å²) < 4.78 is 44.0. The first-order valence-corrected chi connectivity index (χ1v) is 10.0. The van der Waals surface area contributed by atoms with Crippen molar-refractivity contribution in [1.82, 2.24) is 10.2 Å². The number of hydrogen-bond acceptors (Lipinski definition) is 4. The molecule has 0 bridgehead atoms. The Morgan fingerprint density at radius 1 is 1.18 bits per heavy atom. The zero-order valence-electron chi connectivity index (χ0n) is 17.9. The van der Waals surface area contributed by atoms with Crippen molar-refractivity contribution in [2.45, 2.75) is 91.6 Å². The standard InChI is InChI=1S/C20H35F3N2O3/c1-7-24-13(2)10-15-8-9-16(14(3)28-18(27)19(4,5)6)25(12-15)17(26)11-20(21,22)23/h13-16,24H,7-12H2,1-6H3/t13-,14+,15?,16?/m1/s1. The predicted molar refractivity (Wildman–Crippen MR) is 102 cm³/mol. The molecule has 1 aliphatic rings. The van der Waals surface area contributed by atoms with Gasteiger partial charge in [-0.15, -0.1) is 0 Å². The number of carbonyl (C=O) groups excluding carboxylic acids is 2. The Morgan fingerprint density at radius 2 is 1.79 bits per heavy atom. The van der Waals surface area contributed by atoms with Crippen molar-refractivity contribution in [2.24, 2.45) is 11.3 Å². The third kappa shape index (κ3) is 7.97. The van der Waals surface area contributed by atoms with E-state index in [0.29, 0.717) is 6.42 Å². The van der Waals surface area contributed by atoms with Gasteiger partial charge in [-0.1, -0.05) is 6.92 Å². The molecule has 1 aliphatic heterocycles. The molecule has 1 fully saturated rings. The summed E-state index contributed by atoms with van der Waals surface area (Å²) in [4.78, 5) is 25.9. The molecule has 1 heterocycles. The van der Waals surface area contributed by atoms with E-state index in [4.69, 9.17) is 4.74 Å². The smallest absolute Gasteiger partial charge is 0.397 e. The first-order chi connectivity index (χ1) is 12.7. The van der Waals surface area contributed by atoms with E-state index < -0.39 is 42.0 Å². The van der Waals surface area contributed by atoms with E-state index in [9.17, 15) is 22.8 Å². The highest BCUT2D eigenvalue weighted by atomic mass is 19.4. The summed E-state index contributed by atoms with van der Waals surface area (Å²) >= 11 is 0. The van der Waals surface area contributed by atoms with Gasteiger partial charge in [-0.2, -0.15) is 13.2 Å². The number of likely N-dealkylation sites (tertiary alicyclic amines) is 1. The number of hydrogen-bond donors (Lipinski definition) is 1. The largest absolute Gasteiger partial charge is 0.460 e. The van der Waals surface area contributed by atoms with E-state index in [-0.39, 0.29) is 18.5 Å². The molecular formula is C20H35F3N2O3. The van der Waals surface area contributed by atoms with Gasteiger partial charge >= 0.3 is 12.1 Å². The summed E-state index contributed by atoms with van der Waals surface area (Å²) in [6.45, 7) is 11.9. The Morgan fingerprint density at radius 3 is 2.29 bits per heavy atom. The molecule has 0 aromatic heterocycles. The molecule has 8 heteroatoms. The lowest BCUT2D eigenvalue weighted by atomic mass is 9.86. The molecule has 28 heavy (non-hydrogen) atoms. The van der Waals surface area contributed by atoms with Crippen LogP contribution in [-0.4, -0.2) is 54.2 Å². The fourth-order valence-electron chi connectivity index (χ4n) is 3.66. The van der Waals surface area contributed by atoms with Gasteiger partial charge in [0, 0.05) is 12.6 Å². The number of carbonyl (C=O) groups is 2. The third-order valence-corrected chi connectivity index (χ3v) is 5.08. The van der Waals surface area contributed by atoms with Crippen LogP contribution in [0, 0.1) is 11.3 Å². The fraction of sp³-hybridized carbons (Fsp3) is 0.900. The highest BCUT2D eigenvalue weighted by molar-refractivity contribution is 5.78. The van der Waals surface area contributed by atoms with Crippen LogP contribution in [0.4, 0.5) is 13.2 Å². The Bertz CT molecular complexity index is 532. The lowest BCUT2D eigenvalue weighted by molar-refractivity contribution is -0.174. The molecule has 1 N–H and O–H groups in total. The van der Waals surface area contributed by atoms with Crippen LogP contribution in [0.15, 0.2) is 0 Å². The van der Waals surface area contributed by atoms with Gasteiger partial charge in [0.1, 0.15) is 12.5 Å². The zero-order valence-corrected chi connectivity index (χ0v) is 17.9. The number of alkyl halides is 3. The molecule has 5 nitrogen and oxygen atoms in total. The molecule has 0 aromatic rings. The average molecular weight is 409 g/mol. The molecule has 1 saturated heterocycles. The maximum absolute atomic E-state index is 12.8. The topological polar surface area (TPSA) is 58.6 Å². The first-order valence-electron chi connectivity index (χ1n) is 10.0.